The summed E-state index contributed by atoms with van der Waals surface area (Å²) < 4.78 is 5.66. The van der Waals surface area contributed by atoms with Crippen LogP contribution in [0.2, 0.25) is 0 Å². The Labute approximate surface area is 111 Å². The summed E-state index contributed by atoms with van der Waals surface area (Å²) >= 11 is 1.71. The minimum atomic E-state index is 0.604. The molecule has 0 saturated carbocycles. The molecular formula is C14H16N2OS. The molecule has 0 radical (unpaired) electrons. The first-order valence-corrected chi connectivity index (χ1v) is 7.01. The lowest BCUT2D eigenvalue weighted by molar-refractivity contribution is 0.462. The van der Waals surface area contributed by atoms with E-state index in [1.54, 1.807) is 18.0 Å². The Morgan fingerprint density at radius 1 is 1.17 bits per heavy atom. The van der Waals surface area contributed by atoms with Crippen LogP contribution in [0.3, 0.4) is 0 Å². The third-order valence-electron chi connectivity index (χ3n) is 2.51. The number of rotatable bonds is 5. The highest BCUT2D eigenvalue weighted by atomic mass is 32.2. The lowest BCUT2D eigenvalue weighted by Gasteiger charge is -2.06. The van der Waals surface area contributed by atoms with Crippen molar-refractivity contribution in [3.8, 4) is 11.6 Å². The van der Waals surface area contributed by atoms with E-state index in [-0.39, 0.29) is 0 Å². The van der Waals surface area contributed by atoms with Crippen molar-refractivity contribution in [2.75, 3.05) is 12.8 Å². The van der Waals surface area contributed by atoms with Crippen molar-refractivity contribution < 1.29 is 4.74 Å². The van der Waals surface area contributed by atoms with Crippen LogP contribution >= 0.6 is 11.8 Å². The van der Waals surface area contributed by atoms with Gasteiger partial charge in [0.2, 0.25) is 5.88 Å². The van der Waals surface area contributed by atoms with Gasteiger partial charge in [0.1, 0.15) is 5.75 Å². The zero-order valence-electron chi connectivity index (χ0n) is 10.3. The van der Waals surface area contributed by atoms with Gasteiger partial charge in [-0.05, 0) is 49.1 Å². The van der Waals surface area contributed by atoms with Crippen LogP contribution in [0.15, 0.2) is 47.5 Å². The molecule has 94 valence electrons. The second-order valence-electron chi connectivity index (χ2n) is 3.82. The molecule has 0 bridgehead atoms. The molecule has 0 amide bonds. The number of ether oxygens (including phenoxy) is 1. The van der Waals surface area contributed by atoms with Crippen LogP contribution in [0.4, 0.5) is 0 Å². The quantitative estimate of drug-likeness (QED) is 0.839. The second kappa shape index (κ2) is 6.42. The molecule has 3 nitrogen and oxygen atoms in total. The van der Waals surface area contributed by atoms with E-state index in [2.05, 4.69) is 4.98 Å². The molecule has 2 rings (SSSR count). The standard InChI is InChI=1S/C14H16N2OS/c1-18-13-5-3-12(4-6-13)17-14-7-2-11(8-9-15)10-16-14/h2-7,10H,8-9,15H2,1H3. The SMILES string of the molecule is CSc1ccc(Oc2ccc(CCN)cn2)cc1. The van der Waals surface area contributed by atoms with Gasteiger partial charge in [0.15, 0.2) is 0 Å². The highest BCUT2D eigenvalue weighted by Crippen LogP contribution is 2.23. The van der Waals surface area contributed by atoms with Gasteiger partial charge >= 0.3 is 0 Å². The minimum absolute atomic E-state index is 0.604. The molecule has 0 fully saturated rings. The smallest absolute Gasteiger partial charge is 0.219 e. The maximum Gasteiger partial charge on any atom is 0.219 e. The monoisotopic (exact) mass is 260 g/mol. The van der Waals surface area contributed by atoms with E-state index in [0.717, 1.165) is 17.7 Å². The molecule has 2 N–H and O–H groups in total. The fourth-order valence-electron chi connectivity index (χ4n) is 1.55. The Morgan fingerprint density at radius 3 is 2.50 bits per heavy atom. The Kier molecular flexibility index (Phi) is 4.61. The van der Waals surface area contributed by atoms with Crippen molar-refractivity contribution in [1.82, 2.24) is 4.98 Å². The van der Waals surface area contributed by atoms with E-state index in [1.807, 2.05) is 42.7 Å². The molecule has 0 aliphatic heterocycles. The number of nitrogens with two attached hydrogens (primary N) is 1. The lowest BCUT2D eigenvalue weighted by atomic mass is 10.2. The predicted molar refractivity (Wildman–Crippen MR) is 75.3 cm³/mol. The summed E-state index contributed by atoms with van der Waals surface area (Å²) in [5.74, 6) is 1.40. The van der Waals surface area contributed by atoms with Gasteiger partial charge in [0, 0.05) is 17.2 Å². The number of pyridine rings is 1. The first kappa shape index (κ1) is 12.9. The van der Waals surface area contributed by atoms with Gasteiger partial charge in [-0.2, -0.15) is 0 Å². The number of hydrogen-bond acceptors (Lipinski definition) is 4. The molecule has 0 aliphatic carbocycles. The normalized spacial score (nSPS) is 10.3. The molecule has 1 aromatic carbocycles. The van der Waals surface area contributed by atoms with Crippen LogP contribution in [-0.2, 0) is 6.42 Å². The molecule has 0 spiro atoms. The minimum Gasteiger partial charge on any atom is -0.439 e. The second-order valence-corrected chi connectivity index (χ2v) is 4.70. The molecule has 4 heteroatoms. The third-order valence-corrected chi connectivity index (χ3v) is 3.26. The van der Waals surface area contributed by atoms with E-state index in [0.29, 0.717) is 12.4 Å². The maximum absolute atomic E-state index is 5.66. The van der Waals surface area contributed by atoms with Gasteiger partial charge in [-0.25, -0.2) is 4.98 Å². The molecule has 0 saturated heterocycles. The van der Waals surface area contributed by atoms with Crippen molar-refractivity contribution in [2.24, 2.45) is 5.73 Å². The van der Waals surface area contributed by atoms with E-state index in [4.69, 9.17) is 10.5 Å². The molecule has 1 heterocycles. The summed E-state index contributed by atoms with van der Waals surface area (Å²) in [5.41, 5.74) is 6.62. The molecule has 0 unspecified atom stereocenters. The van der Waals surface area contributed by atoms with Gasteiger partial charge in [-0.3, -0.25) is 0 Å². The third kappa shape index (κ3) is 3.48. The Morgan fingerprint density at radius 2 is 1.94 bits per heavy atom. The number of benzene rings is 1. The van der Waals surface area contributed by atoms with E-state index in [1.165, 1.54) is 4.90 Å². The average molecular weight is 260 g/mol. The highest BCUT2D eigenvalue weighted by Gasteiger charge is 1.99. The van der Waals surface area contributed by atoms with E-state index < -0.39 is 0 Å². The van der Waals surface area contributed by atoms with Crippen LogP contribution in [0.25, 0.3) is 0 Å². The molecular weight excluding hydrogens is 244 g/mol. The summed E-state index contributed by atoms with van der Waals surface area (Å²) in [6.45, 7) is 0.637. The fraction of sp³-hybridized carbons (Fsp3) is 0.214. The summed E-state index contributed by atoms with van der Waals surface area (Å²) in [4.78, 5) is 5.47. The predicted octanol–water partition coefficient (Wildman–Crippen LogP) is 3.10. The number of nitrogens with zero attached hydrogens (tertiary/aromatic N) is 1. The summed E-state index contributed by atoms with van der Waals surface area (Å²) in [6.07, 6.45) is 4.70. The van der Waals surface area contributed by atoms with E-state index in [9.17, 15) is 0 Å². The lowest BCUT2D eigenvalue weighted by Crippen LogP contribution is -2.02. The number of thioether (sulfide) groups is 1. The number of hydrogen-bond donors (Lipinski definition) is 1. The van der Waals surface area contributed by atoms with Crippen molar-refractivity contribution >= 4 is 11.8 Å². The van der Waals surface area contributed by atoms with Crippen LogP contribution in [0.5, 0.6) is 11.6 Å². The summed E-state index contributed by atoms with van der Waals surface area (Å²) in [6, 6.07) is 11.8. The van der Waals surface area contributed by atoms with Crippen LogP contribution in [-0.4, -0.2) is 17.8 Å². The van der Waals surface area contributed by atoms with Gasteiger partial charge in [-0.1, -0.05) is 6.07 Å². The zero-order valence-corrected chi connectivity index (χ0v) is 11.1. The Hall–Kier alpha value is -1.52. The molecule has 0 aliphatic rings. The molecule has 1 aromatic heterocycles. The summed E-state index contributed by atoms with van der Waals surface area (Å²) in [7, 11) is 0. The zero-order chi connectivity index (χ0) is 12.8. The van der Waals surface area contributed by atoms with Gasteiger partial charge in [0.25, 0.3) is 0 Å². The highest BCUT2D eigenvalue weighted by molar-refractivity contribution is 7.98. The molecule has 2 aromatic rings. The van der Waals surface area contributed by atoms with Crippen molar-refractivity contribution in [3.63, 3.8) is 0 Å². The van der Waals surface area contributed by atoms with Crippen molar-refractivity contribution in [1.29, 1.82) is 0 Å². The largest absolute Gasteiger partial charge is 0.439 e. The van der Waals surface area contributed by atoms with Gasteiger partial charge < -0.3 is 10.5 Å². The Bertz CT molecular complexity index is 482. The maximum atomic E-state index is 5.66. The first-order chi connectivity index (χ1) is 8.81. The average Bonchev–Trinajstić information content (AvgIpc) is 2.42. The number of aromatic nitrogens is 1. The van der Waals surface area contributed by atoms with Crippen molar-refractivity contribution in [3.05, 3.63) is 48.2 Å². The molecule has 18 heavy (non-hydrogen) atoms. The fourth-order valence-corrected chi connectivity index (χ4v) is 1.96. The summed E-state index contributed by atoms with van der Waals surface area (Å²) in [5, 5.41) is 0. The Balaban J connectivity index is 2.03. The van der Waals surface area contributed by atoms with Crippen LogP contribution in [0.1, 0.15) is 5.56 Å². The molecule has 0 atom stereocenters. The van der Waals surface area contributed by atoms with Crippen LogP contribution < -0.4 is 10.5 Å². The van der Waals surface area contributed by atoms with Crippen LogP contribution in [0, 0.1) is 0 Å². The van der Waals surface area contributed by atoms with Gasteiger partial charge in [-0.15, -0.1) is 11.8 Å². The van der Waals surface area contributed by atoms with Crippen molar-refractivity contribution in [2.45, 2.75) is 11.3 Å². The van der Waals surface area contributed by atoms with Gasteiger partial charge in [0.05, 0.1) is 0 Å². The first-order valence-electron chi connectivity index (χ1n) is 5.78. The van der Waals surface area contributed by atoms with E-state index >= 15 is 0 Å². The topological polar surface area (TPSA) is 48.1 Å².